The van der Waals surface area contributed by atoms with E-state index in [0.29, 0.717) is 18.2 Å². The fraction of sp³-hybridized carbons (Fsp3) is 0.294. The highest BCUT2D eigenvalue weighted by Gasteiger charge is 2.37. The van der Waals surface area contributed by atoms with Gasteiger partial charge < -0.3 is 4.74 Å². The summed E-state index contributed by atoms with van der Waals surface area (Å²) in [6.45, 7) is 2.59. The molecule has 1 aliphatic heterocycles. The summed E-state index contributed by atoms with van der Waals surface area (Å²) in [4.78, 5) is 0.252. The number of hydrogen-bond acceptors (Lipinski definition) is 3. The Balaban J connectivity index is 1.91. The van der Waals surface area contributed by atoms with Crippen molar-refractivity contribution in [1.82, 2.24) is 4.31 Å². The van der Waals surface area contributed by atoms with Crippen LogP contribution in [0.3, 0.4) is 0 Å². The quantitative estimate of drug-likeness (QED) is 0.850. The standard InChI is InChI=1S/C17H18ClNO3S/c1-13-17(14-5-3-2-4-6-14)22-12-11-19(13)23(20,21)16-9-7-15(18)8-10-16/h2-10,13,17H,11-12H2,1H3/t13-,17+/m0/s1. The van der Waals surface area contributed by atoms with Gasteiger partial charge in [-0.2, -0.15) is 4.31 Å². The van der Waals surface area contributed by atoms with Crippen LogP contribution in [-0.2, 0) is 14.8 Å². The summed E-state index contributed by atoms with van der Waals surface area (Å²) in [7, 11) is -3.57. The van der Waals surface area contributed by atoms with Crippen LogP contribution in [0.5, 0.6) is 0 Å². The summed E-state index contributed by atoms with van der Waals surface area (Å²) < 4.78 is 33.2. The summed E-state index contributed by atoms with van der Waals surface area (Å²) in [6, 6.07) is 15.7. The summed E-state index contributed by atoms with van der Waals surface area (Å²) >= 11 is 5.85. The third kappa shape index (κ3) is 3.28. The van der Waals surface area contributed by atoms with Gasteiger partial charge in [-0.3, -0.25) is 0 Å². The van der Waals surface area contributed by atoms with Crippen LogP contribution in [0, 0.1) is 0 Å². The van der Waals surface area contributed by atoms with Crippen LogP contribution in [0.15, 0.2) is 59.5 Å². The minimum atomic E-state index is -3.57. The zero-order valence-electron chi connectivity index (χ0n) is 12.7. The Morgan fingerprint density at radius 2 is 1.74 bits per heavy atom. The van der Waals surface area contributed by atoms with Crippen molar-refractivity contribution in [2.45, 2.75) is 24.0 Å². The molecule has 4 nitrogen and oxygen atoms in total. The third-order valence-corrected chi connectivity index (χ3v) is 6.30. The number of nitrogens with zero attached hydrogens (tertiary/aromatic N) is 1. The fourth-order valence-electron chi connectivity index (χ4n) is 2.86. The molecule has 6 heteroatoms. The van der Waals surface area contributed by atoms with Gasteiger partial charge in [-0.25, -0.2) is 8.42 Å². The first-order valence-electron chi connectivity index (χ1n) is 7.44. The molecule has 2 aromatic carbocycles. The SMILES string of the molecule is C[C@H]1[C@H](c2ccccc2)OCCN1S(=O)(=O)c1ccc(Cl)cc1. The second kappa shape index (κ2) is 6.61. The van der Waals surface area contributed by atoms with E-state index in [4.69, 9.17) is 16.3 Å². The molecule has 0 aromatic heterocycles. The molecule has 1 fully saturated rings. The minimum absolute atomic E-state index is 0.252. The van der Waals surface area contributed by atoms with E-state index in [-0.39, 0.29) is 17.0 Å². The van der Waals surface area contributed by atoms with Gasteiger partial charge in [0, 0.05) is 11.6 Å². The monoisotopic (exact) mass is 351 g/mol. The molecule has 0 saturated carbocycles. The van der Waals surface area contributed by atoms with Crippen molar-refractivity contribution in [3.05, 3.63) is 65.2 Å². The topological polar surface area (TPSA) is 46.6 Å². The molecule has 0 radical (unpaired) electrons. The number of morpholine rings is 1. The van der Waals surface area contributed by atoms with E-state index >= 15 is 0 Å². The maximum absolute atomic E-state index is 12.9. The molecule has 1 heterocycles. The smallest absolute Gasteiger partial charge is 0.243 e. The van der Waals surface area contributed by atoms with Crippen LogP contribution < -0.4 is 0 Å². The predicted molar refractivity (Wildman–Crippen MR) is 89.9 cm³/mol. The van der Waals surface area contributed by atoms with Crippen molar-refractivity contribution in [2.24, 2.45) is 0 Å². The lowest BCUT2D eigenvalue weighted by Crippen LogP contribution is -2.48. The highest BCUT2D eigenvalue weighted by molar-refractivity contribution is 7.89. The minimum Gasteiger partial charge on any atom is -0.370 e. The molecule has 0 spiro atoms. The Bertz CT molecular complexity index is 762. The van der Waals surface area contributed by atoms with Gasteiger partial charge in [0.25, 0.3) is 0 Å². The summed E-state index contributed by atoms with van der Waals surface area (Å²) in [5, 5.41) is 0.515. The highest BCUT2D eigenvalue weighted by Crippen LogP contribution is 2.32. The van der Waals surface area contributed by atoms with Crippen LogP contribution >= 0.6 is 11.6 Å². The van der Waals surface area contributed by atoms with Crippen molar-refractivity contribution in [3.63, 3.8) is 0 Å². The lowest BCUT2D eigenvalue weighted by molar-refractivity contribution is -0.0361. The average molecular weight is 352 g/mol. The van der Waals surface area contributed by atoms with Gasteiger partial charge in [-0.1, -0.05) is 41.9 Å². The van der Waals surface area contributed by atoms with E-state index in [1.54, 1.807) is 12.1 Å². The molecule has 2 aromatic rings. The Morgan fingerprint density at radius 3 is 2.39 bits per heavy atom. The Labute approximate surface area is 141 Å². The van der Waals surface area contributed by atoms with Crippen molar-refractivity contribution in [1.29, 1.82) is 0 Å². The van der Waals surface area contributed by atoms with Crippen molar-refractivity contribution >= 4 is 21.6 Å². The van der Waals surface area contributed by atoms with Crippen LogP contribution in [0.25, 0.3) is 0 Å². The third-order valence-electron chi connectivity index (χ3n) is 4.05. The molecular weight excluding hydrogens is 334 g/mol. The van der Waals surface area contributed by atoms with Gasteiger partial charge in [0.05, 0.1) is 23.6 Å². The average Bonchev–Trinajstić information content (AvgIpc) is 2.56. The van der Waals surface area contributed by atoms with Crippen LogP contribution in [-0.4, -0.2) is 31.9 Å². The van der Waals surface area contributed by atoms with E-state index in [0.717, 1.165) is 5.56 Å². The maximum atomic E-state index is 12.9. The summed E-state index contributed by atoms with van der Waals surface area (Å²) in [5.74, 6) is 0. The number of rotatable bonds is 3. The Hall–Kier alpha value is -1.40. The predicted octanol–water partition coefficient (Wildman–Crippen LogP) is 3.49. The molecule has 0 amide bonds. The van der Waals surface area contributed by atoms with E-state index in [9.17, 15) is 8.42 Å². The molecule has 1 aliphatic rings. The van der Waals surface area contributed by atoms with E-state index in [1.165, 1.54) is 16.4 Å². The van der Waals surface area contributed by atoms with Gasteiger partial charge >= 0.3 is 0 Å². The molecule has 0 bridgehead atoms. The summed E-state index contributed by atoms with van der Waals surface area (Å²) in [6.07, 6.45) is -0.271. The molecule has 0 aliphatic carbocycles. The van der Waals surface area contributed by atoms with Crippen LogP contribution in [0.4, 0.5) is 0 Å². The number of benzene rings is 2. The molecule has 2 atom stereocenters. The Morgan fingerprint density at radius 1 is 1.09 bits per heavy atom. The molecule has 0 N–H and O–H groups in total. The zero-order valence-corrected chi connectivity index (χ0v) is 14.3. The first kappa shape index (κ1) is 16.5. The first-order chi connectivity index (χ1) is 11.0. The van der Waals surface area contributed by atoms with Crippen molar-refractivity contribution in [2.75, 3.05) is 13.2 Å². The number of hydrogen-bond donors (Lipinski definition) is 0. The molecule has 122 valence electrons. The summed E-state index contributed by atoms with van der Waals surface area (Å²) in [5.41, 5.74) is 0.982. The second-order valence-electron chi connectivity index (χ2n) is 5.51. The first-order valence-corrected chi connectivity index (χ1v) is 9.26. The number of sulfonamides is 1. The van der Waals surface area contributed by atoms with Gasteiger partial charge in [0.1, 0.15) is 0 Å². The molecule has 0 unspecified atom stereocenters. The van der Waals surface area contributed by atoms with E-state index in [1.807, 2.05) is 37.3 Å². The number of halogens is 1. The number of ether oxygens (including phenoxy) is 1. The lowest BCUT2D eigenvalue weighted by atomic mass is 10.0. The fourth-order valence-corrected chi connectivity index (χ4v) is 4.60. The second-order valence-corrected chi connectivity index (χ2v) is 7.84. The molecular formula is C17H18ClNO3S. The largest absolute Gasteiger partial charge is 0.370 e. The molecule has 3 rings (SSSR count). The lowest BCUT2D eigenvalue weighted by Gasteiger charge is -2.38. The normalized spacial score (nSPS) is 22.9. The van der Waals surface area contributed by atoms with Gasteiger partial charge in [0.15, 0.2) is 0 Å². The van der Waals surface area contributed by atoms with Crippen LogP contribution in [0.2, 0.25) is 5.02 Å². The van der Waals surface area contributed by atoms with Gasteiger partial charge in [-0.05, 0) is 36.8 Å². The maximum Gasteiger partial charge on any atom is 0.243 e. The Kier molecular flexibility index (Phi) is 4.73. The molecule has 23 heavy (non-hydrogen) atoms. The molecule has 1 saturated heterocycles. The highest BCUT2D eigenvalue weighted by atomic mass is 35.5. The van der Waals surface area contributed by atoms with Crippen LogP contribution in [0.1, 0.15) is 18.6 Å². The van der Waals surface area contributed by atoms with Crippen molar-refractivity contribution < 1.29 is 13.2 Å². The zero-order chi connectivity index (χ0) is 16.4. The van der Waals surface area contributed by atoms with Gasteiger partial charge in [0.2, 0.25) is 10.0 Å². The van der Waals surface area contributed by atoms with Gasteiger partial charge in [-0.15, -0.1) is 0 Å². The van der Waals surface area contributed by atoms with E-state index in [2.05, 4.69) is 0 Å². The van der Waals surface area contributed by atoms with Crippen molar-refractivity contribution in [3.8, 4) is 0 Å². The van der Waals surface area contributed by atoms with E-state index < -0.39 is 10.0 Å².